The van der Waals surface area contributed by atoms with Crippen molar-refractivity contribution in [3.05, 3.63) is 29.3 Å². The molecule has 1 saturated carbocycles. The van der Waals surface area contributed by atoms with Crippen LogP contribution in [0, 0.1) is 6.92 Å². The van der Waals surface area contributed by atoms with E-state index in [-0.39, 0.29) is 0 Å². The van der Waals surface area contributed by atoms with Gasteiger partial charge in [-0.3, -0.25) is 0 Å². The second-order valence-electron chi connectivity index (χ2n) is 4.76. The number of nitrogens with one attached hydrogen (secondary N) is 1. The van der Waals surface area contributed by atoms with Crippen molar-refractivity contribution in [3.63, 3.8) is 0 Å². The number of fused-ring (bicyclic) bond motifs is 1. The Bertz CT molecular complexity index is 371. The summed E-state index contributed by atoms with van der Waals surface area (Å²) in [6, 6.07) is 8.39. The topological polar surface area (TPSA) is 12.0 Å². The molecule has 0 bridgehead atoms. The third kappa shape index (κ3) is 2.21. The minimum atomic E-state index is 0.705. The van der Waals surface area contributed by atoms with Gasteiger partial charge in [0.1, 0.15) is 0 Å². The van der Waals surface area contributed by atoms with Gasteiger partial charge in [-0.2, -0.15) is 0 Å². The molecule has 80 valence electrons. The molecule has 1 atom stereocenters. The number of hydrogen-bond donors (Lipinski definition) is 1. The van der Waals surface area contributed by atoms with Gasteiger partial charge in [-0.1, -0.05) is 17.7 Å². The van der Waals surface area contributed by atoms with Gasteiger partial charge in [0, 0.05) is 22.7 Å². The Morgan fingerprint density at radius 2 is 2.13 bits per heavy atom. The second kappa shape index (κ2) is 3.84. The van der Waals surface area contributed by atoms with Crippen molar-refractivity contribution in [3.8, 4) is 0 Å². The monoisotopic (exact) mass is 219 g/mol. The summed E-state index contributed by atoms with van der Waals surface area (Å²) in [5.41, 5.74) is 2.94. The molecule has 2 aliphatic rings. The first kappa shape index (κ1) is 9.73. The SMILES string of the molecule is Cc1ccc2c(c1)CC(NC1CC1)CS2. The summed E-state index contributed by atoms with van der Waals surface area (Å²) in [5, 5.41) is 3.73. The predicted octanol–water partition coefficient (Wildman–Crippen LogP) is 2.76. The number of benzene rings is 1. The quantitative estimate of drug-likeness (QED) is 0.821. The number of hydrogen-bond acceptors (Lipinski definition) is 2. The molecular weight excluding hydrogens is 202 g/mol. The van der Waals surface area contributed by atoms with Crippen LogP contribution < -0.4 is 5.32 Å². The third-order valence-corrected chi connectivity index (χ3v) is 4.45. The van der Waals surface area contributed by atoms with E-state index >= 15 is 0 Å². The van der Waals surface area contributed by atoms with Crippen molar-refractivity contribution < 1.29 is 0 Å². The fraction of sp³-hybridized carbons (Fsp3) is 0.538. The Kier molecular flexibility index (Phi) is 2.49. The molecule has 1 heterocycles. The van der Waals surface area contributed by atoms with E-state index in [1.807, 2.05) is 11.8 Å². The largest absolute Gasteiger partial charge is 0.310 e. The van der Waals surface area contributed by atoms with Crippen molar-refractivity contribution in [2.75, 3.05) is 5.75 Å². The molecule has 0 spiro atoms. The summed E-state index contributed by atoms with van der Waals surface area (Å²) in [6.07, 6.45) is 4.00. The Hall–Kier alpha value is -0.470. The molecule has 1 fully saturated rings. The van der Waals surface area contributed by atoms with E-state index in [1.54, 1.807) is 5.56 Å². The molecule has 2 heteroatoms. The first-order chi connectivity index (χ1) is 7.31. The van der Waals surface area contributed by atoms with Crippen molar-refractivity contribution in [1.82, 2.24) is 5.32 Å². The average Bonchev–Trinajstić information content (AvgIpc) is 3.01. The van der Waals surface area contributed by atoms with Crippen LogP contribution in [0.1, 0.15) is 24.0 Å². The first-order valence-electron chi connectivity index (χ1n) is 5.79. The molecule has 1 unspecified atom stereocenters. The highest BCUT2D eigenvalue weighted by Gasteiger charge is 2.27. The van der Waals surface area contributed by atoms with Gasteiger partial charge < -0.3 is 5.32 Å². The summed E-state index contributed by atoms with van der Waals surface area (Å²) < 4.78 is 0. The molecule has 1 aliphatic carbocycles. The highest BCUT2D eigenvalue weighted by atomic mass is 32.2. The average molecular weight is 219 g/mol. The number of rotatable bonds is 2. The van der Waals surface area contributed by atoms with Crippen LogP contribution in [-0.2, 0) is 6.42 Å². The van der Waals surface area contributed by atoms with E-state index in [0.717, 1.165) is 6.04 Å². The Morgan fingerprint density at radius 3 is 2.93 bits per heavy atom. The smallest absolute Gasteiger partial charge is 0.0205 e. The molecule has 1 aromatic rings. The molecule has 15 heavy (non-hydrogen) atoms. The zero-order valence-corrected chi connectivity index (χ0v) is 9.94. The van der Waals surface area contributed by atoms with Gasteiger partial charge in [0.15, 0.2) is 0 Å². The van der Waals surface area contributed by atoms with Crippen molar-refractivity contribution in [2.24, 2.45) is 0 Å². The normalized spacial score (nSPS) is 25.0. The summed E-state index contributed by atoms with van der Waals surface area (Å²) in [5.74, 6) is 1.24. The zero-order chi connectivity index (χ0) is 10.3. The minimum Gasteiger partial charge on any atom is -0.310 e. The van der Waals surface area contributed by atoms with E-state index in [2.05, 4.69) is 30.4 Å². The van der Waals surface area contributed by atoms with Gasteiger partial charge in [0.25, 0.3) is 0 Å². The Labute approximate surface area is 95.6 Å². The molecule has 0 radical (unpaired) electrons. The lowest BCUT2D eigenvalue weighted by molar-refractivity contribution is 0.541. The fourth-order valence-electron chi connectivity index (χ4n) is 2.21. The van der Waals surface area contributed by atoms with Gasteiger partial charge in [0.2, 0.25) is 0 Å². The van der Waals surface area contributed by atoms with Crippen LogP contribution in [0.4, 0.5) is 0 Å². The van der Waals surface area contributed by atoms with E-state index in [4.69, 9.17) is 0 Å². The second-order valence-corrected chi connectivity index (χ2v) is 5.83. The van der Waals surface area contributed by atoms with E-state index < -0.39 is 0 Å². The highest BCUT2D eigenvalue weighted by Crippen LogP contribution is 2.32. The van der Waals surface area contributed by atoms with E-state index in [9.17, 15) is 0 Å². The van der Waals surface area contributed by atoms with Crippen molar-refractivity contribution in [2.45, 2.75) is 43.2 Å². The van der Waals surface area contributed by atoms with Crippen LogP contribution in [0.25, 0.3) is 0 Å². The van der Waals surface area contributed by atoms with Gasteiger partial charge >= 0.3 is 0 Å². The third-order valence-electron chi connectivity index (χ3n) is 3.17. The van der Waals surface area contributed by atoms with Gasteiger partial charge in [-0.25, -0.2) is 0 Å². The molecular formula is C13H17NS. The summed E-state index contributed by atoms with van der Waals surface area (Å²) >= 11 is 2.01. The van der Waals surface area contributed by atoms with E-state index in [1.165, 1.54) is 35.5 Å². The van der Waals surface area contributed by atoms with Crippen LogP contribution in [0.15, 0.2) is 23.1 Å². The van der Waals surface area contributed by atoms with Crippen LogP contribution >= 0.6 is 11.8 Å². The fourth-order valence-corrected chi connectivity index (χ4v) is 3.30. The summed E-state index contributed by atoms with van der Waals surface area (Å²) in [6.45, 7) is 2.18. The standard InChI is InChI=1S/C13H17NS/c1-9-2-5-13-10(6-9)7-12(8-15-13)14-11-3-4-11/h2,5-6,11-12,14H,3-4,7-8H2,1H3. The lowest BCUT2D eigenvalue weighted by atomic mass is 10.0. The number of thioether (sulfide) groups is 1. The van der Waals surface area contributed by atoms with Crippen molar-refractivity contribution in [1.29, 1.82) is 0 Å². The highest BCUT2D eigenvalue weighted by molar-refractivity contribution is 7.99. The van der Waals surface area contributed by atoms with Crippen molar-refractivity contribution >= 4 is 11.8 Å². The molecule has 1 nitrogen and oxygen atoms in total. The molecule has 3 rings (SSSR count). The van der Waals surface area contributed by atoms with Gasteiger partial charge in [0.05, 0.1) is 0 Å². The molecule has 0 amide bonds. The van der Waals surface area contributed by atoms with Gasteiger partial charge in [-0.15, -0.1) is 11.8 Å². The van der Waals surface area contributed by atoms with Crippen LogP contribution in [-0.4, -0.2) is 17.8 Å². The summed E-state index contributed by atoms with van der Waals surface area (Å²) in [7, 11) is 0. The van der Waals surface area contributed by atoms with Crippen LogP contribution in [0.3, 0.4) is 0 Å². The lowest BCUT2D eigenvalue weighted by Crippen LogP contribution is -2.36. The van der Waals surface area contributed by atoms with Crippen LogP contribution in [0.5, 0.6) is 0 Å². The minimum absolute atomic E-state index is 0.705. The maximum absolute atomic E-state index is 3.73. The van der Waals surface area contributed by atoms with E-state index in [0.29, 0.717) is 6.04 Å². The van der Waals surface area contributed by atoms with Crippen LogP contribution in [0.2, 0.25) is 0 Å². The predicted molar refractivity (Wildman–Crippen MR) is 65.6 cm³/mol. The zero-order valence-electron chi connectivity index (χ0n) is 9.12. The Balaban J connectivity index is 1.75. The molecule has 1 aliphatic heterocycles. The lowest BCUT2D eigenvalue weighted by Gasteiger charge is -2.25. The number of aryl methyl sites for hydroxylation is 1. The maximum atomic E-state index is 3.73. The molecule has 0 aromatic heterocycles. The molecule has 1 N–H and O–H groups in total. The molecule has 0 saturated heterocycles. The molecule has 1 aromatic carbocycles. The van der Waals surface area contributed by atoms with Gasteiger partial charge in [-0.05, 0) is 37.8 Å². The first-order valence-corrected chi connectivity index (χ1v) is 6.78. The maximum Gasteiger partial charge on any atom is 0.0205 e. The summed E-state index contributed by atoms with van der Waals surface area (Å²) in [4.78, 5) is 1.49. The Morgan fingerprint density at radius 1 is 1.27 bits per heavy atom.